The van der Waals surface area contributed by atoms with Crippen LogP contribution in [-0.4, -0.2) is 67.7 Å². The van der Waals surface area contributed by atoms with Crippen molar-refractivity contribution in [3.8, 4) is 5.06 Å². The molecule has 41 heavy (non-hydrogen) atoms. The van der Waals surface area contributed by atoms with E-state index in [-0.39, 0.29) is 17.4 Å². The lowest BCUT2D eigenvalue weighted by atomic mass is 9.87. The Hall–Kier alpha value is -3.20. The van der Waals surface area contributed by atoms with Crippen LogP contribution in [0.3, 0.4) is 0 Å². The maximum absolute atomic E-state index is 13.4. The third-order valence-corrected chi connectivity index (χ3v) is 9.44. The van der Waals surface area contributed by atoms with Gasteiger partial charge in [-0.25, -0.2) is 4.79 Å². The van der Waals surface area contributed by atoms with Crippen LogP contribution in [0.4, 0.5) is 10.5 Å². The van der Waals surface area contributed by atoms with Gasteiger partial charge >= 0.3 is 6.09 Å². The molecule has 2 saturated heterocycles. The van der Waals surface area contributed by atoms with Gasteiger partial charge in [0.2, 0.25) is 0 Å². The summed E-state index contributed by atoms with van der Waals surface area (Å²) in [5, 5.41) is 2.48. The summed E-state index contributed by atoms with van der Waals surface area (Å²) >= 11 is 1.40. The van der Waals surface area contributed by atoms with E-state index in [0.29, 0.717) is 61.2 Å². The molecule has 1 saturated carbocycles. The quantitative estimate of drug-likeness (QED) is 0.352. The van der Waals surface area contributed by atoms with Crippen LogP contribution >= 0.6 is 11.3 Å². The second-order valence-electron chi connectivity index (χ2n) is 12.5. The summed E-state index contributed by atoms with van der Waals surface area (Å²) in [6.45, 7) is 12.8. The van der Waals surface area contributed by atoms with Gasteiger partial charge in [-0.15, -0.1) is 11.3 Å². The molecule has 0 bridgehead atoms. The topological polar surface area (TPSA) is 62.3 Å². The number of amides is 2. The van der Waals surface area contributed by atoms with E-state index in [9.17, 15) is 9.59 Å². The van der Waals surface area contributed by atoms with Gasteiger partial charge in [-0.1, -0.05) is 45.0 Å². The standard InChI is InChI=1S/C33H39N3O4S/c1-33(2,3)25-10-6-23(7-11-25)19-34-20-27-28(21-34)29(27)22-36(32(38)40-30-5-4-18-41-30)26-12-8-24(9-13-26)31(37)35-14-16-39-17-15-35/h4-13,18,27-29H,14-17,19-22H2,1-3H3. The van der Waals surface area contributed by atoms with E-state index in [1.165, 1.54) is 22.5 Å². The third kappa shape index (κ3) is 6.35. The highest BCUT2D eigenvalue weighted by atomic mass is 32.1. The zero-order chi connectivity index (χ0) is 28.6. The molecule has 216 valence electrons. The van der Waals surface area contributed by atoms with Crippen molar-refractivity contribution in [1.82, 2.24) is 9.80 Å². The maximum atomic E-state index is 13.4. The molecular weight excluding hydrogens is 534 g/mol. The number of hydrogen-bond donors (Lipinski definition) is 0. The molecule has 3 aromatic rings. The summed E-state index contributed by atoms with van der Waals surface area (Å²) in [4.78, 5) is 32.4. The number of carbonyl (C=O) groups is 2. The van der Waals surface area contributed by atoms with Crippen molar-refractivity contribution < 1.29 is 19.1 Å². The van der Waals surface area contributed by atoms with E-state index in [0.717, 1.165) is 25.3 Å². The van der Waals surface area contributed by atoms with Crippen LogP contribution < -0.4 is 9.64 Å². The average Bonchev–Trinajstić information content (AvgIpc) is 3.31. The Labute approximate surface area is 246 Å². The second kappa shape index (κ2) is 11.6. The molecule has 6 rings (SSSR count). The Morgan fingerprint density at radius 1 is 0.976 bits per heavy atom. The smallest absolute Gasteiger partial charge is 0.399 e. The largest absolute Gasteiger partial charge is 0.420 e. The first-order chi connectivity index (χ1) is 19.8. The van der Waals surface area contributed by atoms with Crippen LogP contribution in [0.2, 0.25) is 0 Å². The number of nitrogens with zero attached hydrogens (tertiary/aromatic N) is 3. The van der Waals surface area contributed by atoms with Gasteiger partial charge in [0, 0.05) is 50.5 Å². The zero-order valence-corrected chi connectivity index (χ0v) is 24.9. The van der Waals surface area contributed by atoms with Crippen LogP contribution in [0.25, 0.3) is 0 Å². The van der Waals surface area contributed by atoms with Gasteiger partial charge in [0.1, 0.15) is 0 Å². The van der Waals surface area contributed by atoms with Gasteiger partial charge in [-0.05, 0) is 76.1 Å². The lowest BCUT2D eigenvalue weighted by Gasteiger charge is -2.27. The molecule has 1 aromatic heterocycles. The van der Waals surface area contributed by atoms with Crippen LogP contribution in [0, 0.1) is 17.8 Å². The average molecular weight is 574 g/mol. The minimum absolute atomic E-state index is 0.00238. The summed E-state index contributed by atoms with van der Waals surface area (Å²) in [5.41, 5.74) is 4.25. The van der Waals surface area contributed by atoms with Crippen molar-refractivity contribution in [3.05, 3.63) is 82.7 Å². The minimum Gasteiger partial charge on any atom is -0.399 e. The first kappa shape index (κ1) is 27.9. The lowest BCUT2D eigenvalue weighted by molar-refractivity contribution is 0.0303. The first-order valence-electron chi connectivity index (χ1n) is 14.6. The highest BCUT2D eigenvalue weighted by Crippen LogP contribution is 2.52. The van der Waals surface area contributed by atoms with Crippen molar-refractivity contribution in [2.45, 2.75) is 32.7 Å². The molecule has 3 aliphatic rings. The molecule has 0 radical (unpaired) electrons. The summed E-state index contributed by atoms with van der Waals surface area (Å²) in [5.74, 6) is 1.61. The number of hydrogen-bond acceptors (Lipinski definition) is 6. The summed E-state index contributed by atoms with van der Waals surface area (Å²) in [6, 6.07) is 20.1. The SMILES string of the molecule is CC(C)(C)c1ccc(CN2CC3C(C2)C3CN(C(=O)Oc2cccs2)c2ccc(C(=O)N3CCOCC3)cc2)cc1. The molecular formula is C33H39N3O4S. The molecule has 3 fully saturated rings. The van der Waals surface area contributed by atoms with Crippen LogP contribution in [0.15, 0.2) is 66.0 Å². The van der Waals surface area contributed by atoms with Gasteiger partial charge < -0.3 is 14.4 Å². The molecule has 2 atom stereocenters. The first-order valence-corrected chi connectivity index (χ1v) is 15.5. The van der Waals surface area contributed by atoms with Crippen molar-refractivity contribution in [2.24, 2.45) is 17.8 Å². The van der Waals surface area contributed by atoms with Gasteiger partial charge in [-0.3, -0.25) is 14.6 Å². The van der Waals surface area contributed by atoms with Gasteiger partial charge in [0.25, 0.3) is 5.91 Å². The Bertz CT molecular complexity index is 1330. The van der Waals surface area contributed by atoms with E-state index < -0.39 is 0 Å². The highest BCUT2D eigenvalue weighted by molar-refractivity contribution is 7.11. The molecule has 7 nitrogen and oxygen atoms in total. The Morgan fingerprint density at radius 3 is 2.27 bits per heavy atom. The second-order valence-corrected chi connectivity index (χ2v) is 13.4. The molecule has 0 N–H and O–H groups in total. The number of ether oxygens (including phenoxy) is 2. The Morgan fingerprint density at radius 2 is 1.66 bits per heavy atom. The molecule has 2 amide bonds. The minimum atomic E-state index is -0.375. The number of morpholine rings is 1. The monoisotopic (exact) mass is 573 g/mol. The molecule has 2 aliphatic heterocycles. The number of anilines is 1. The lowest BCUT2D eigenvalue weighted by Crippen LogP contribution is -2.40. The predicted molar refractivity (Wildman–Crippen MR) is 162 cm³/mol. The predicted octanol–water partition coefficient (Wildman–Crippen LogP) is 5.90. The molecule has 1 aliphatic carbocycles. The molecule has 2 aromatic carbocycles. The number of fused-ring (bicyclic) bond motifs is 1. The molecule has 3 heterocycles. The number of thiophene rings is 1. The van der Waals surface area contributed by atoms with E-state index in [1.54, 1.807) is 4.90 Å². The van der Waals surface area contributed by atoms with Gasteiger partial charge in [0.15, 0.2) is 5.06 Å². The molecule has 2 unspecified atom stereocenters. The third-order valence-electron chi connectivity index (χ3n) is 8.69. The fraction of sp³-hybridized carbons (Fsp3) is 0.455. The Kier molecular flexibility index (Phi) is 7.90. The summed E-state index contributed by atoms with van der Waals surface area (Å²) in [6.07, 6.45) is -0.375. The molecule has 8 heteroatoms. The van der Waals surface area contributed by atoms with Gasteiger partial charge in [-0.2, -0.15) is 0 Å². The summed E-state index contributed by atoms with van der Waals surface area (Å²) in [7, 11) is 0. The van der Waals surface area contributed by atoms with E-state index in [2.05, 4.69) is 49.9 Å². The fourth-order valence-electron chi connectivity index (χ4n) is 6.20. The van der Waals surface area contributed by atoms with Crippen molar-refractivity contribution in [2.75, 3.05) is 50.8 Å². The number of likely N-dealkylation sites (tertiary alicyclic amines) is 1. The van der Waals surface area contributed by atoms with Crippen molar-refractivity contribution in [3.63, 3.8) is 0 Å². The fourth-order valence-corrected chi connectivity index (χ4v) is 6.76. The van der Waals surface area contributed by atoms with Crippen molar-refractivity contribution in [1.29, 1.82) is 0 Å². The Balaban J connectivity index is 1.10. The van der Waals surface area contributed by atoms with E-state index >= 15 is 0 Å². The van der Waals surface area contributed by atoms with Crippen LogP contribution in [0.5, 0.6) is 5.06 Å². The number of piperidine rings is 1. The number of benzene rings is 2. The summed E-state index contributed by atoms with van der Waals surface area (Å²) < 4.78 is 11.1. The number of carbonyl (C=O) groups excluding carboxylic acids is 2. The van der Waals surface area contributed by atoms with E-state index in [1.807, 2.05) is 46.7 Å². The number of rotatable bonds is 7. The molecule has 0 spiro atoms. The van der Waals surface area contributed by atoms with Crippen molar-refractivity contribution >= 4 is 29.0 Å². The maximum Gasteiger partial charge on any atom is 0.420 e. The zero-order valence-electron chi connectivity index (χ0n) is 24.1. The van der Waals surface area contributed by atoms with Crippen LogP contribution in [0.1, 0.15) is 42.3 Å². The highest BCUT2D eigenvalue weighted by Gasteiger charge is 2.56. The normalized spacial score (nSPS) is 22.3. The van der Waals surface area contributed by atoms with E-state index in [4.69, 9.17) is 9.47 Å². The van der Waals surface area contributed by atoms with Crippen LogP contribution in [-0.2, 0) is 16.7 Å². The van der Waals surface area contributed by atoms with Gasteiger partial charge in [0.05, 0.1) is 13.2 Å².